The van der Waals surface area contributed by atoms with Gasteiger partial charge in [-0.1, -0.05) is 30.3 Å². The molecule has 1 aromatic rings. The van der Waals surface area contributed by atoms with Crippen LogP contribution in [-0.2, 0) is 19.7 Å². The van der Waals surface area contributed by atoms with Gasteiger partial charge in [-0.05, 0) is 25.8 Å². The third kappa shape index (κ3) is 4.40. The third-order valence-electron chi connectivity index (χ3n) is 5.56. The second-order valence-corrected chi connectivity index (χ2v) is 7.54. The highest BCUT2D eigenvalue weighted by Crippen LogP contribution is 2.25. The van der Waals surface area contributed by atoms with Crippen LogP contribution in [0.2, 0.25) is 0 Å². The number of carbonyl (C=O) groups is 1. The van der Waals surface area contributed by atoms with Crippen molar-refractivity contribution < 1.29 is 14.3 Å². The molecular formula is C20H30N2O3. The van der Waals surface area contributed by atoms with E-state index in [-0.39, 0.29) is 5.91 Å². The molecule has 2 fully saturated rings. The Kier molecular flexibility index (Phi) is 6.10. The number of hydrogen-bond acceptors (Lipinski definition) is 4. The third-order valence-corrected chi connectivity index (χ3v) is 5.56. The number of ether oxygens (including phenoxy) is 2. The Bertz CT molecular complexity index is 549. The fraction of sp³-hybridized carbons (Fsp3) is 0.650. The first-order valence-corrected chi connectivity index (χ1v) is 9.32. The Balaban J connectivity index is 1.64. The molecule has 1 aromatic carbocycles. The number of hydrogen-bond donors (Lipinski definition) is 1. The lowest BCUT2D eigenvalue weighted by Crippen LogP contribution is -2.54. The summed E-state index contributed by atoms with van der Waals surface area (Å²) in [5.41, 5.74) is 0.503. The molecule has 2 aliphatic rings. The molecule has 2 heterocycles. The highest BCUT2D eigenvalue weighted by atomic mass is 16.5. The summed E-state index contributed by atoms with van der Waals surface area (Å²) >= 11 is 0. The van der Waals surface area contributed by atoms with Crippen molar-refractivity contribution in [3.05, 3.63) is 35.9 Å². The quantitative estimate of drug-likeness (QED) is 0.854. The smallest absolute Gasteiger partial charge is 0.230 e. The van der Waals surface area contributed by atoms with E-state index in [1.54, 1.807) is 0 Å². The van der Waals surface area contributed by atoms with Gasteiger partial charge < -0.3 is 14.8 Å². The molecule has 2 aliphatic heterocycles. The first-order valence-electron chi connectivity index (χ1n) is 9.32. The van der Waals surface area contributed by atoms with Gasteiger partial charge in [0, 0.05) is 38.2 Å². The Labute approximate surface area is 150 Å². The standard InChI is InChI=1S/C20H30N2O3/c1-20(2,17-6-4-3-5-7-17)19(23)21-14-18(16-8-11-25-15-16)22-9-12-24-13-10-22/h3-7,16,18H,8-15H2,1-2H3,(H,21,23)/t16-,18-/m0/s1. The van der Waals surface area contributed by atoms with Crippen molar-refractivity contribution >= 4 is 5.91 Å². The van der Waals surface area contributed by atoms with Crippen LogP contribution in [0.4, 0.5) is 0 Å². The summed E-state index contributed by atoms with van der Waals surface area (Å²) in [6.45, 7) is 9.66. The molecule has 138 valence electrons. The van der Waals surface area contributed by atoms with Gasteiger partial charge in [-0.25, -0.2) is 0 Å². The molecule has 2 saturated heterocycles. The summed E-state index contributed by atoms with van der Waals surface area (Å²) in [6.07, 6.45) is 1.07. The van der Waals surface area contributed by atoms with Crippen molar-refractivity contribution in [1.82, 2.24) is 10.2 Å². The van der Waals surface area contributed by atoms with Crippen molar-refractivity contribution in [2.75, 3.05) is 46.1 Å². The summed E-state index contributed by atoms with van der Waals surface area (Å²) in [4.78, 5) is 15.3. The number of carbonyl (C=O) groups excluding carboxylic acids is 1. The lowest BCUT2D eigenvalue weighted by Gasteiger charge is -2.38. The van der Waals surface area contributed by atoms with E-state index in [0.717, 1.165) is 51.5 Å². The average molecular weight is 346 g/mol. The second kappa shape index (κ2) is 8.30. The summed E-state index contributed by atoms with van der Waals surface area (Å²) in [5, 5.41) is 3.22. The van der Waals surface area contributed by atoms with Crippen molar-refractivity contribution in [2.24, 2.45) is 5.92 Å². The maximum absolute atomic E-state index is 12.9. The summed E-state index contributed by atoms with van der Waals surface area (Å²) in [5.74, 6) is 0.564. The molecule has 0 spiro atoms. The van der Waals surface area contributed by atoms with Crippen LogP contribution in [-0.4, -0.2) is 62.9 Å². The molecule has 5 nitrogen and oxygen atoms in total. The number of nitrogens with zero attached hydrogens (tertiary/aromatic N) is 1. The van der Waals surface area contributed by atoms with Gasteiger partial charge in [0.05, 0.1) is 25.2 Å². The molecule has 1 N–H and O–H groups in total. The van der Waals surface area contributed by atoms with E-state index in [2.05, 4.69) is 10.2 Å². The van der Waals surface area contributed by atoms with Gasteiger partial charge in [0.2, 0.25) is 5.91 Å². The van der Waals surface area contributed by atoms with Gasteiger partial charge in [0.1, 0.15) is 0 Å². The monoisotopic (exact) mass is 346 g/mol. The Morgan fingerprint density at radius 1 is 1.20 bits per heavy atom. The largest absolute Gasteiger partial charge is 0.381 e. The average Bonchev–Trinajstić information content (AvgIpc) is 3.18. The predicted molar refractivity (Wildman–Crippen MR) is 97.6 cm³/mol. The first-order chi connectivity index (χ1) is 12.1. The maximum atomic E-state index is 12.9. The summed E-state index contributed by atoms with van der Waals surface area (Å²) < 4.78 is 11.1. The van der Waals surface area contributed by atoms with E-state index in [4.69, 9.17) is 9.47 Å². The van der Waals surface area contributed by atoms with E-state index in [1.807, 2.05) is 44.2 Å². The molecule has 1 amide bonds. The molecular weight excluding hydrogens is 316 g/mol. The fourth-order valence-corrected chi connectivity index (χ4v) is 3.76. The van der Waals surface area contributed by atoms with E-state index >= 15 is 0 Å². The zero-order valence-electron chi connectivity index (χ0n) is 15.4. The molecule has 0 unspecified atom stereocenters. The van der Waals surface area contributed by atoms with E-state index in [0.29, 0.717) is 18.5 Å². The molecule has 2 atom stereocenters. The van der Waals surface area contributed by atoms with E-state index in [9.17, 15) is 4.79 Å². The van der Waals surface area contributed by atoms with Gasteiger partial charge in [-0.2, -0.15) is 0 Å². The highest BCUT2D eigenvalue weighted by Gasteiger charge is 2.34. The minimum atomic E-state index is -0.539. The Hall–Kier alpha value is -1.43. The predicted octanol–water partition coefficient (Wildman–Crippen LogP) is 1.82. The minimum Gasteiger partial charge on any atom is -0.381 e. The molecule has 0 saturated carbocycles. The molecule has 5 heteroatoms. The van der Waals surface area contributed by atoms with Crippen LogP contribution in [0.15, 0.2) is 30.3 Å². The van der Waals surface area contributed by atoms with Crippen LogP contribution in [0.5, 0.6) is 0 Å². The normalized spacial score (nSPS) is 23.4. The maximum Gasteiger partial charge on any atom is 0.230 e. The Morgan fingerprint density at radius 3 is 2.56 bits per heavy atom. The van der Waals surface area contributed by atoms with Crippen molar-refractivity contribution in [3.63, 3.8) is 0 Å². The van der Waals surface area contributed by atoms with Gasteiger partial charge >= 0.3 is 0 Å². The van der Waals surface area contributed by atoms with Crippen LogP contribution in [0, 0.1) is 5.92 Å². The molecule has 0 bridgehead atoms. The molecule has 0 aromatic heterocycles. The van der Waals surface area contributed by atoms with Crippen LogP contribution < -0.4 is 5.32 Å². The number of rotatable bonds is 6. The molecule has 0 radical (unpaired) electrons. The molecule has 3 rings (SSSR count). The lowest BCUT2D eigenvalue weighted by atomic mass is 9.83. The van der Waals surface area contributed by atoms with Crippen LogP contribution in [0.25, 0.3) is 0 Å². The van der Waals surface area contributed by atoms with Gasteiger partial charge in [0.25, 0.3) is 0 Å². The molecule has 0 aliphatic carbocycles. The topological polar surface area (TPSA) is 50.8 Å². The van der Waals surface area contributed by atoms with Crippen molar-refractivity contribution in [3.8, 4) is 0 Å². The minimum absolute atomic E-state index is 0.0795. The van der Waals surface area contributed by atoms with Gasteiger partial charge in [-0.15, -0.1) is 0 Å². The fourth-order valence-electron chi connectivity index (χ4n) is 3.76. The number of benzene rings is 1. The zero-order valence-corrected chi connectivity index (χ0v) is 15.4. The van der Waals surface area contributed by atoms with Crippen LogP contribution in [0.3, 0.4) is 0 Å². The lowest BCUT2D eigenvalue weighted by molar-refractivity contribution is -0.126. The van der Waals surface area contributed by atoms with Gasteiger partial charge in [-0.3, -0.25) is 9.69 Å². The van der Waals surface area contributed by atoms with Crippen LogP contribution in [0.1, 0.15) is 25.8 Å². The van der Waals surface area contributed by atoms with Gasteiger partial charge in [0.15, 0.2) is 0 Å². The molecule has 25 heavy (non-hydrogen) atoms. The first kappa shape index (κ1) is 18.4. The van der Waals surface area contributed by atoms with Crippen molar-refractivity contribution in [2.45, 2.75) is 31.7 Å². The van der Waals surface area contributed by atoms with Crippen molar-refractivity contribution in [1.29, 1.82) is 0 Å². The zero-order chi connectivity index (χ0) is 17.7. The number of amides is 1. The summed E-state index contributed by atoms with van der Waals surface area (Å²) in [7, 11) is 0. The van der Waals surface area contributed by atoms with E-state index < -0.39 is 5.41 Å². The van der Waals surface area contributed by atoms with Crippen LogP contribution >= 0.6 is 0 Å². The Morgan fingerprint density at radius 2 is 1.92 bits per heavy atom. The summed E-state index contributed by atoms with van der Waals surface area (Å²) in [6, 6.07) is 10.3. The second-order valence-electron chi connectivity index (χ2n) is 7.54. The van der Waals surface area contributed by atoms with E-state index in [1.165, 1.54) is 0 Å². The SMILES string of the molecule is CC(C)(C(=O)NC[C@@H]([C@H]1CCOC1)N1CCOCC1)c1ccccc1. The highest BCUT2D eigenvalue weighted by molar-refractivity contribution is 5.87. The number of morpholine rings is 1. The number of nitrogens with one attached hydrogen (secondary N) is 1.